The molecule has 3 aromatic rings. The predicted octanol–water partition coefficient (Wildman–Crippen LogP) is 2.52. The van der Waals surface area contributed by atoms with E-state index < -0.39 is 35.2 Å². The third-order valence-corrected chi connectivity index (χ3v) is 5.09. The van der Waals surface area contributed by atoms with Crippen molar-refractivity contribution in [3.05, 3.63) is 96.1 Å². The van der Waals surface area contributed by atoms with Crippen molar-refractivity contribution in [1.82, 2.24) is 9.13 Å². The number of nitrogens with two attached hydrogens (primary N) is 1. The summed E-state index contributed by atoms with van der Waals surface area (Å²) in [5.74, 6) is -2.06. The molecule has 0 amide bonds. The highest BCUT2D eigenvalue weighted by Crippen LogP contribution is 2.21. The fourth-order valence-electron chi connectivity index (χ4n) is 2.90. The molecule has 0 atom stereocenters. The molecule has 0 radical (unpaired) electrons. The molecule has 3 rings (SSSR count). The lowest BCUT2D eigenvalue weighted by Gasteiger charge is -2.15. The van der Waals surface area contributed by atoms with Gasteiger partial charge in [0.25, 0.3) is 5.56 Å². The second kappa shape index (κ2) is 9.20. The van der Waals surface area contributed by atoms with Gasteiger partial charge in [0.05, 0.1) is 17.1 Å². The number of benzene rings is 2. The van der Waals surface area contributed by atoms with Gasteiger partial charge in [0.2, 0.25) is 5.78 Å². The number of carbonyl (C=O) groups excluding carboxylic acids is 2. The summed E-state index contributed by atoms with van der Waals surface area (Å²) in [6.45, 7) is -0.720. The van der Waals surface area contributed by atoms with Crippen LogP contribution >= 0.6 is 23.2 Å². The van der Waals surface area contributed by atoms with Gasteiger partial charge in [0.15, 0.2) is 6.61 Å². The summed E-state index contributed by atoms with van der Waals surface area (Å²) in [5.41, 5.74) is 4.73. The van der Waals surface area contributed by atoms with Crippen molar-refractivity contribution in [2.75, 3.05) is 12.3 Å². The molecule has 1 heterocycles. The molecule has 0 spiro atoms. The summed E-state index contributed by atoms with van der Waals surface area (Å²) >= 11 is 11.8. The lowest BCUT2D eigenvalue weighted by molar-refractivity contribution is 0.0474. The largest absolute Gasteiger partial charge is 0.454 e. The monoisotopic (exact) mass is 461 g/mol. The molecule has 1 aromatic heterocycles. The van der Waals surface area contributed by atoms with Crippen LogP contribution < -0.4 is 17.0 Å². The normalized spacial score (nSPS) is 10.7. The Morgan fingerprint density at radius 2 is 1.74 bits per heavy atom. The maximum absolute atomic E-state index is 12.7. The van der Waals surface area contributed by atoms with Gasteiger partial charge >= 0.3 is 11.7 Å². The van der Waals surface area contributed by atoms with Gasteiger partial charge in [-0.05, 0) is 23.8 Å². The molecule has 31 heavy (non-hydrogen) atoms. The highest BCUT2D eigenvalue weighted by Gasteiger charge is 2.23. The molecular weight excluding hydrogens is 445 g/mol. The number of nitrogen functional groups attached to an aromatic ring is 1. The third-order valence-electron chi connectivity index (χ3n) is 4.53. The number of halogens is 2. The third kappa shape index (κ3) is 4.70. The van der Waals surface area contributed by atoms with E-state index in [4.69, 9.17) is 33.7 Å². The second-order valence-corrected chi connectivity index (χ2v) is 7.45. The van der Waals surface area contributed by atoms with Crippen LogP contribution in [0.2, 0.25) is 10.0 Å². The number of hydrogen-bond donors (Lipinski definition) is 1. The Bertz CT molecular complexity index is 1280. The van der Waals surface area contributed by atoms with Gasteiger partial charge in [0.1, 0.15) is 11.4 Å². The number of aromatic nitrogens is 2. The molecule has 10 heteroatoms. The van der Waals surface area contributed by atoms with Crippen LogP contribution in [0, 0.1) is 0 Å². The van der Waals surface area contributed by atoms with Gasteiger partial charge in [-0.25, -0.2) is 9.59 Å². The molecule has 0 saturated heterocycles. The first-order chi connectivity index (χ1) is 14.7. The lowest BCUT2D eigenvalue weighted by Crippen LogP contribution is -2.43. The van der Waals surface area contributed by atoms with Crippen LogP contribution in [0.15, 0.2) is 58.1 Å². The van der Waals surface area contributed by atoms with E-state index in [1.54, 1.807) is 24.3 Å². The summed E-state index contributed by atoms with van der Waals surface area (Å²) in [6.07, 6.45) is 0. The van der Waals surface area contributed by atoms with E-state index in [2.05, 4.69) is 0 Å². The Morgan fingerprint density at radius 3 is 2.42 bits per heavy atom. The highest BCUT2D eigenvalue weighted by molar-refractivity contribution is 6.35. The molecule has 0 saturated carbocycles. The first-order valence-corrected chi connectivity index (χ1v) is 9.75. The molecule has 0 aliphatic rings. The summed E-state index contributed by atoms with van der Waals surface area (Å²) in [5, 5.41) is 0.350. The Morgan fingerprint density at radius 1 is 1.06 bits per heavy atom. The zero-order chi connectivity index (χ0) is 22.7. The van der Waals surface area contributed by atoms with E-state index in [1.165, 1.54) is 25.2 Å². The molecule has 0 unspecified atom stereocenters. The van der Waals surface area contributed by atoms with Crippen LogP contribution in [0.1, 0.15) is 26.3 Å². The van der Waals surface area contributed by atoms with E-state index in [0.717, 1.165) is 14.7 Å². The Hall–Kier alpha value is -3.36. The van der Waals surface area contributed by atoms with E-state index in [9.17, 15) is 19.2 Å². The van der Waals surface area contributed by atoms with Gasteiger partial charge < -0.3 is 10.5 Å². The van der Waals surface area contributed by atoms with E-state index >= 15 is 0 Å². The first-order valence-electron chi connectivity index (χ1n) is 8.99. The van der Waals surface area contributed by atoms with Crippen molar-refractivity contribution in [1.29, 1.82) is 0 Å². The minimum absolute atomic E-state index is 0.0307. The minimum atomic E-state index is -0.895. The van der Waals surface area contributed by atoms with Crippen LogP contribution in [-0.2, 0) is 18.3 Å². The van der Waals surface area contributed by atoms with Crippen LogP contribution in [0.5, 0.6) is 0 Å². The standard InChI is InChI=1S/C21H17Cl2N3O5/c1-25-19(28)17(18(24)26(21(25)30)10-12-5-3-2-4-6-12)16(27)11-31-20(29)14-9-13(22)7-8-15(14)23/h2-9H,10-11,24H2,1H3. The maximum Gasteiger partial charge on any atom is 0.340 e. The van der Waals surface area contributed by atoms with Crippen LogP contribution in [-0.4, -0.2) is 27.5 Å². The molecule has 0 fully saturated rings. The molecule has 2 aromatic carbocycles. The van der Waals surface area contributed by atoms with Gasteiger partial charge in [-0.1, -0.05) is 53.5 Å². The number of ether oxygens (including phenoxy) is 1. The molecule has 2 N–H and O–H groups in total. The number of hydrogen-bond acceptors (Lipinski definition) is 6. The number of carbonyl (C=O) groups is 2. The molecule has 0 aliphatic heterocycles. The predicted molar refractivity (Wildman–Crippen MR) is 117 cm³/mol. The number of ketones is 1. The van der Waals surface area contributed by atoms with Crippen molar-refractivity contribution >= 4 is 40.8 Å². The Kier molecular flexibility index (Phi) is 6.62. The van der Waals surface area contributed by atoms with Gasteiger partial charge in [-0.2, -0.15) is 0 Å². The second-order valence-electron chi connectivity index (χ2n) is 6.60. The quantitative estimate of drug-likeness (QED) is 0.445. The Balaban J connectivity index is 1.90. The fraction of sp³-hybridized carbons (Fsp3) is 0.143. The lowest BCUT2D eigenvalue weighted by atomic mass is 10.1. The van der Waals surface area contributed by atoms with Crippen molar-refractivity contribution in [2.45, 2.75) is 6.54 Å². The minimum Gasteiger partial charge on any atom is -0.454 e. The zero-order valence-corrected chi connectivity index (χ0v) is 17.8. The number of nitrogens with zero attached hydrogens (tertiary/aromatic N) is 2. The molecule has 0 aliphatic carbocycles. The van der Waals surface area contributed by atoms with Gasteiger partial charge in [-0.15, -0.1) is 0 Å². The molecular formula is C21H17Cl2N3O5. The Labute approximate surface area is 186 Å². The average Bonchev–Trinajstić information content (AvgIpc) is 2.76. The van der Waals surface area contributed by atoms with Crippen molar-refractivity contribution < 1.29 is 14.3 Å². The SMILES string of the molecule is Cn1c(=O)c(C(=O)COC(=O)c2cc(Cl)ccc2Cl)c(N)n(Cc2ccccc2)c1=O. The number of esters is 1. The van der Waals surface area contributed by atoms with Crippen LogP contribution in [0.25, 0.3) is 0 Å². The topological polar surface area (TPSA) is 113 Å². The summed E-state index contributed by atoms with van der Waals surface area (Å²) in [7, 11) is 1.24. The maximum atomic E-state index is 12.7. The van der Waals surface area contributed by atoms with Crippen LogP contribution in [0.3, 0.4) is 0 Å². The smallest absolute Gasteiger partial charge is 0.340 e. The van der Waals surface area contributed by atoms with Crippen molar-refractivity contribution in [3.63, 3.8) is 0 Å². The van der Waals surface area contributed by atoms with Crippen molar-refractivity contribution in [2.24, 2.45) is 7.05 Å². The van der Waals surface area contributed by atoms with Gasteiger partial charge in [-0.3, -0.25) is 18.7 Å². The molecule has 8 nitrogen and oxygen atoms in total. The van der Waals surface area contributed by atoms with Crippen molar-refractivity contribution in [3.8, 4) is 0 Å². The molecule has 160 valence electrons. The van der Waals surface area contributed by atoms with Gasteiger partial charge in [0, 0.05) is 12.1 Å². The number of anilines is 1. The number of Topliss-reactive ketones (excluding diaryl/α,β-unsaturated/α-hetero) is 1. The average molecular weight is 462 g/mol. The fourth-order valence-corrected chi connectivity index (χ4v) is 3.27. The van der Waals surface area contributed by atoms with E-state index in [-0.39, 0.29) is 28.0 Å². The zero-order valence-electron chi connectivity index (χ0n) is 16.3. The highest BCUT2D eigenvalue weighted by atomic mass is 35.5. The molecule has 0 bridgehead atoms. The summed E-state index contributed by atoms with van der Waals surface area (Å²) in [6, 6.07) is 13.1. The summed E-state index contributed by atoms with van der Waals surface area (Å²) < 4.78 is 6.89. The number of rotatable bonds is 6. The summed E-state index contributed by atoms with van der Waals surface area (Å²) in [4.78, 5) is 50.0. The van der Waals surface area contributed by atoms with E-state index in [1.807, 2.05) is 6.07 Å². The first kappa shape index (κ1) is 22.3. The van der Waals surface area contributed by atoms with E-state index in [0.29, 0.717) is 0 Å². The van der Waals surface area contributed by atoms with Crippen LogP contribution in [0.4, 0.5) is 5.82 Å².